The molecule has 0 aromatic heterocycles. The van der Waals surface area contributed by atoms with Crippen molar-refractivity contribution in [3.8, 4) is 11.5 Å². The third kappa shape index (κ3) is 6.68. The molecule has 0 spiro atoms. The number of hydrazone groups is 1. The molecule has 3 aromatic carbocycles. The van der Waals surface area contributed by atoms with Crippen LogP contribution < -0.4 is 14.9 Å². The molecule has 170 valence electrons. The molecule has 1 N–H and O–H groups in total. The Morgan fingerprint density at radius 2 is 1.88 bits per heavy atom. The van der Waals surface area contributed by atoms with Crippen molar-refractivity contribution in [2.24, 2.45) is 5.10 Å². The Hall–Kier alpha value is -3.62. The highest BCUT2D eigenvalue weighted by Gasteiger charge is 2.14. The van der Waals surface area contributed by atoms with E-state index in [1.54, 1.807) is 48.5 Å². The lowest BCUT2D eigenvalue weighted by Gasteiger charge is -2.14. The summed E-state index contributed by atoms with van der Waals surface area (Å²) in [5.41, 5.74) is 4.00. The molecule has 0 unspecified atom stereocenters. The number of nitro benzene ring substituents is 1. The smallest absolute Gasteiger partial charge is 0.271 e. The predicted molar refractivity (Wildman–Crippen MR) is 127 cm³/mol. The second kappa shape index (κ2) is 11.3. The van der Waals surface area contributed by atoms with Crippen molar-refractivity contribution in [1.29, 1.82) is 0 Å². The Morgan fingerprint density at radius 3 is 2.58 bits per heavy atom. The molecule has 0 radical (unpaired) electrons. The molecule has 0 aliphatic carbocycles. The second-order valence-corrected chi connectivity index (χ2v) is 7.53. The molecule has 10 heteroatoms. The van der Waals surface area contributed by atoms with Crippen LogP contribution in [0.2, 0.25) is 10.0 Å². The topological polar surface area (TPSA) is 103 Å². The van der Waals surface area contributed by atoms with Crippen LogP contribution in [-0.4, -0.2) is 23.7 Å². The predicted octanol–water partition coefficient (Wildman–Crippen LogP) is 5.64. The first-order valence-electron chi connectivity index (χ1n) is 9.79. The van der Waals surface area contributed by atoms with E-state index >= 15 is 0 Å². The van der Waals surface area contributed by atoms with Crippen molar-refractivity contribution < 1.29 is 19.2 Å². The van der Waals surface area contributed by atoms with E-state index in [0.717, 1.165) is 0 Å². The molecular formula is C23H19Cl2N3O5. The normalized spacial score (nSPS) is 10.8. The summed E-state index contributed by atoms with van der Waals surface area (Å²) in [6.45, 7) is 2.23. The standard InChI is InChI=1S/C23H19Cl2N3O5/c1-2-32-21-12-16(13-26-27-23(29)17-6-8-18(24)9-7-17)11-20(25)22(21)33-14-15-4-3-5-19(10-15)28(30)31/h3-13H,2,14H2,1H3,(H,27,29)/b26-13-. The van der Waals surface area contributed by atoms with E-state index in [2.05, 4.69) is 10.5 Å². The van der Waals surface area contributed by atoms with E-state index in [1.165, 1.54) is 18.3 Å². The molecule has 0 heterocycles. The van der Waals surface area contributed by atoms with Crippen LogP contribution >= 0.6 is 23.2 Å². The molecule has 0 saturated carbocycles. The Morgan fingerprint density at radius 1 is 1.12 bits per heavy atom. The summed E-state index contributed by atoms with van der Waals surface area (Å²) in [7, 11) is 0. The number of amides is 1. The number of ether oxygens (including phenoxy) is 2. The van der Waals surface area contributed by atoms with Crippen molar-refractivity contribution in [2.45, 2.75) is 13.5 Å². The van der Waals surface area contributed by atoms with E-state index in [4.69, 9.17) is 32.7 Å². The van der Waals surface area contributed by atoms with Gasteiger partial charge in [0.1, 0.15) is 6.61 Å². The number of nitrogens with zero attached hydrogens (tertiary/aromatic N) is 2. The number of nitro groups is 1. The van der Waals surface area contributed by atoms with Crippen LogP contribution in [0.15, 0.2) is 65.8 Å². The lowest BCUT2D eigenvalue weighted by Crippen LogP contribution is -2.17. The monoisotopic (exact) mass is 487 g/mol. The average Bonchev–Trinajstić information content (AvgIpc) is 2.79. The van der Waals surface area contributed by atoms with Crippen LogP contribution in [-0.2, 0) is 6.61 Å². The Bertz CT molecular complexity index is 1180. The molecule has 3 rings (SSSR count). The minimum Gasteiger partial charge on any atom is -0.490 e. The first-order valence-corrected chi connectivity index (χ1v) is 10.5. The summed E-state index contributed by atoms with van der Waals surface area (Å²) in [6.07, 6.45) is 1.42. The van der Waals surface area contributed by atoms with Gasteiger partial charge >= 0.3 is 0 Å². The quantitative estimate of drug-likeness (QED) is 0.239. The Balaban J connectivity index is 1.72. The van der Waals surface area contributed by atoms with Gasteiger partial charge in [-0.2, -0.15) is 5.10 Å². The highest BCUT2D eigenvalue weighted by molar-refractivity contribution is 6.32. The van der Waals surface area contributed by atoms with Crippen LogP contribution in [0.25, 0.3) is 0 Å². The van der Waals surface area contributed by atoms with E-state index in [1.807, 2.05) is 6.92 Å². The Labute approximate surface area is 199 Å². The van der Waals surface area contributed by atoms with E-state index in [9.17, 15) is 14.9 Å². The van der Waals surface area contributed by atoms with E-state index in [-0.39, 0.29) is 17.3 Å². The first kappa shape index (κ1) is 24.0. The number of rotatable bonds is 9. The number of hydrogen-bond donors (Lipinski definition) is 1. The molecule has 1 amide bonds. The summed E-state index contributed by atoms with van der Waals surface area (Å²) in [5, 5.41) is 15.7. The van der Waals surface area contributed by atoms with Crippen LogP contribution in [0.4, 0.5) is 5.69 Å². The number of nitrogens with one attached hydrogen (secondary N) is 1. The zero-order valence-electron chi connectivity index (χ0n) is 17.5. The van der Waals surface area contributed by atoms with Gasteiger partial charge in [0.2, 0.25) is 0 Å². The van der Waals surface area contributed by atoms with Gasteiger partial charge in [0.05, 0.1) is 22.8 Å². The zero-order valence-corrected chi connectivity index (χ0v) is 19.0. The van der Waals surface area contributed by atoms with Gasteiger partial charge in [-0.3, -0.25) is 14.9 Å². The van der Waals surface area contributed by atoms with Gasteiger partial charge in [0, 0.05) is 22.7 Å². The van der Waals surface area contributed by atoms with Gasteiger partial charge in [-0.25, -0.2) is 5.43 Å². The number of carbonyl (C=O) groups is 1. The van der Waals surface area contributed by atoms with E-state index < -0.39 is 10.8 Å². The molecule has 0 fully saturated rings. The molecule has 0 saturated heterocycles. The second-order valence-electron chi connectivity index (χ2n) is 6.68. The fourth-order valence-electron chi connectivity index (χ4n) is 2.81. The number of benzene rings is 3. The molecule has 0 aliphatic heterocycles. The number of carbonyl (C=O) groups excluding carboxylic acids is 1. The van der Waals surface area contributed by atoms with Gasteiger partial charge in [0.25, 0.3) is 11.6 Å². The average molecular weight is 488 g/mol. The van der Waals surface area contributed by atoms with E-state index in [0.29, 0.717) is 39.8 Å². The Kier molecular flexibility index (Phi) is 8.23. The molecule has 8 nitrogen and oxygen atoms in total. The maximum atomic E-state index is 12.1. The molecule has 0 bridgehead atoms. The van der Waals surface area contributed by atoms with Crippen LogP contribution in [0.1, 0.15) is 28.4 Å². The fraction of sp³-hybridized carbons (Fsp3) is 0.130. The molecule has 3 aromatic rings. The van der Waals surface area contributed by atoms with Crippen LogP contribution in [0.5, 0.6) is 11.5 Å². The maximum absolute atomic E-state index is 12.1. The van der Waals surface area contributed by atoms with Gasteiger partial charge in [-0.05, 0) is 54.4 Å². The van der Waals surface area contributed by atoms with Gasteiger partial charge in [-0.1, -0.05) is 35.3 Å². The SMILES string of the molecule is CCOc1cc(/C=N\NC(=O)c2ccc(Cl)cc2)cc(Cl)c1OCc1cccc([N+](=O)[O-])c1. The number of non-ortho nitro benzene ring substituents is 1. The minimum atomic E-state index is -0.470. The highest BCUT2D eigenvalue weighted by atomic mass is 35.5. The third-order valence-corrected chi connectivity index (χ3v) is 4.86. The van der Waals surface area contributed by atoms with Crippen LogP contribution in [0, 0.1) is 10.1 Å². The highest BCUT2D eigenvalue weighted by Crippen LogP contribution is 2.37. The van der Waals surface area contributed by atoms with Gasteiger partial charge in [-0.15, -0.1) is 0 Å². The molecule has 0 atom stereocenters. The molecule has 33 heavy (non-hydrogen) atoms. The summed E-state index contributed by atoms with van der Waals surface area (Å²) in [6, 6.07) is 15.8. The van der Waals surface area contributed by atoms with Crippen molar-refractivity contribution in [1.82, 2.24) is 5.43 Å². The number of halogens is 2. The van der Waals surface area contributed by atoms with Gasteiger partial charge in [0.15, 0.2) is 11.5 Å². The van der Waals surface area contributed by atoms with Crippen molar-refractivity contribution in [3.05, 3.63) is 97.5 Å². The fourth-order valence-corrected chi connectivity index (χ4v) is 3.21. The first-order chi connectivity index (χ1) is 15.9. The zero-order chi connectivity index (χ0) is 23.8. The summed E-state index contributed by atoms with van der Waals surface area (Å²) >= 11 is 12.2. The lowest BCUT2D eigenvalue weighted by molar-refractivity contribution is -0.384. The number of hydrogen-bond acceptors (Lipinski definition) is 6. The van der Waals surface area contributed by atoms with Crippen molar-refractivity contribution in [2.75, 3.05) is 6.61 Å². The lowest BCUT2D eigenvalue weighted by atomic mass is 10.2. The van der Waals surface area contributed by atoms with Crippen molar-refractivity contribution in [3.63, 3.8) is 0 Å². The van der Waals surface area contributed by atoms with Gasteiger partial charge < -0.3 is 9.47 Å². The van der Waals surface area contributed by atoms with Crippen LogP contribution in [0.3, 0.4) is 0 Å². The maximum Gasteiger partial charge on any atom is 0.271 e. The largest absolute Gasteiger partial charge is 0.490 e. The summed E-state index contributed by atoms with van der Waals surface area (Å²) in [5.74, 6) is 0.282. The van der Waals surface area contributed by atoms with Crippen molar-refractivity contribution >= 4 is 41.0 Å². The molecular weight excluding hydrogens is 469 g/mol. The molecule has 0 aliphatic rings. The summed E-state index contributed by atoms with van der Waals surface area (Å²) < 4.78 is 11.4. The summed E-state index contributed by atoms with van der Waals surface area (Å²) in [4.78, 5) is 22.6. The minimum absolute atomic E-state index is 0.0283. The third-order valence-electron chi connectivity index (χ3n) is 4.32.